The molecule has 6 heteroatoms. The predicted molar refractivity (Wildman–Crippen MR) is 140 cm³/mol. The largest absolute Gasteiger partial charge is 0.496 e. The lowest BCUT2D eigenvalue weighted by atomic mass is 10.1. The highest BCUT2D eigenvalue weighted by Crippen LogP contribution is 2.26. The standard InChI is InChI=1S/C29H32N2O4/c1-34-29-21-27(35-18-17-31-15-3-2-4-16-31)12-9-24(29)8-11-26(33)20-25(32)10-6-22-5-7-23-13-14-30-28(23)19-22/h5-14,19,21,30H,2-4,15-18,20H2,1H3. The second-order valence-electron chi connectivity index (χ2n) is 8.75. The quantitative estimate of drug-likeness (QED) is 0.303. The van der Waals surface area contributed by atoms with Crippen LogP contribution in [0.15, 0.2) is 60.8 Å². The van der Waals surface area contributed by atoms with Gasteiger partial charge in [-0.2, -0.15) is 0 Å². The minimum Gasteiger partial charge on any atom is -0.496 e. The molecule has 0 unspecified atom stereocenters. The van der Waals surface area contributed by atoms with Gasteiger partial charge in [0.15, 0.2) is 11.6 Å². The van der Waals surface area contributed by atoms with Crippen molar-refractivity contribution in [2.45, 2.75) is 25.7 Å². The highest BCUT2D eigenvalue weighted by molar-refractivity contribution is 6.11. The Hall–Kier alpha value is -3.64. The van der Waals surface area contributed by atoms with E-state index < -0.39 is 0 Å². The molecule has 1 fully saturated rings. The zero-order chi connectivity index (χ0) is 24.5. The molecule has 3 aromatic rings. The number of fused-ring (bicyclic) bond motifs is 1. The Labute approximate surface area is 206 Å². The second-order valence-corrected chi connectivity index (χ2v) is 8.75. The number of aromatic nitrogens is 1. The number of H-pyrrole nitrogens is 1. The van der Waals surface area contributed by atoms with Gasteiger partial charge in [0.25, 0.3) is 0 Å². The van der Waals surface area contributed by atoms with E-state index in [-0.39, 0.29) is 18.0 Å². The number of carbonyl (C=O) groups is 2. The van der Waals surface area contributed by atoms with Gasteiger partial charge in [0.2, 0.25) is 0 Å². The number of piperidine rings is 1. The Kier molecular flexibility index (Phi) is 8.52. The van der Waals surface area contributed by atoms with Crippen LogP contribution in [-0.4, -0.2) is 54.8 Å². The monoisotopic (exact) mass is 472 g/mol. The summed E-state index contributed by atoms with van der Waals surface area (Å²) in [5, 5.41) is 1.11. The Morgan fingerprint density at radius 2 is 1.77 bits per heavy atom. The Morgan fingerprint density at radius 3 is 2.57 bits per heavy atom. The number of hydrogen-bond donors (Lipinski definition) is 1. The molecular formula is C29H32N2O4. The number of carbonyl (C=O) groups excluding carboxylic acids is 2. The number of nitrogens with zero attached hydrogens (tertiary/aromatic N) is 1. The molecule has 1 aromatic heterocycles. The fraction of sp³-hybridized carbons (Fsp3) is 0.310. The van der Waals surface area contributed by atoms with Crippen molar-refractivity contribution in [3.8, 4) is 11.5 Å². The summed E-state index contributed by atoms with van der Waals surface area (Å²) in [4.78, 5) is 30.1. The maximum Gasteiger partial charge on any atom is 0.163 e. The van der Waals surface area contributed by atoms with E-state index in [2.05, 4.69) is 9.88 Å². The van der Waals surface area contributed by atoms with E-state index >= 15 is 0 Å². The molecule has 0 amide bonds. The van der Waals surface area contributed by atoms with E-state index in [1.54, 1.807) is 19.3 Å². The third-order valence-electron chi connectivity index (χ3n) is 6.17. The topological polar surface area (TPSA) is 71.6 Å². The van der Waals surface area contributed by atoms with Crippen LogP contribution < -0.4 is 9.47 Å². The molecule has 6 nitrogen and oxygen atoms in total. The van der Waals surface area contributed by atoms with Crippen LogP contribution in [0.5, 0.6) is 11.5 Å². The summed E-state index contributed by atoms with van der Waals surface area (Å²) in [6.07, 6.45) is 11.8. The molecule has 1 aliphatic heterocycles. The predicted octanol–water partition coefficient (Wildman–Crippen LogP) is 5.30. The van der Waals surface area contributed by atoms with Gasteiger partial charge in [-0.1, -0.05) is 24.6 Å². The van der Waals surface area contributed by atoms with Gasteiger partial charge >= 0.3 is 0 Å². The van der Waals surface area contributed by atoms with E-state index in [0.29, 0.717) is 12.4 Å². The van der Waals surface area contributed by atoms with E-state index in [0.717, 1.165) is 47.4 Å². The van der Waals surface area contributed by atoms with Crippen LogP contribution in [0, 0.1) is 0 Å². The first kappa shape index (κ1) is 24.5. The molecule has 0 atom stereocenters. The number of rotatable bonds is 11. The summed E-state index contributed by atoms with van der Waals surface area (Å²) >= 11 is 0. The van der Waals surface area contributed by atoms with Crippen LogP contribution in [0.2, 0.25) is 0 Å². The van der Waals surface area contributed by atoms with E-state index in [4.69, 9.17) is 9.47 Å². The second kappa shape index (κ2) is 12.2. The van der Waals surface area contributed by atoms with Gasteiger partial charge in [-0.3, -0.25) is 14.5 Å². The number of methoxy groups -OCH3 is 1. The molecule has 4 rings (SSSR count). The van der Waals surface area contributed by atoms with Crippen LogP contribution in [-0.2, 0) is 9.59 Å². The molecule has 182 valence electrons. The van der Waals surface area contributed by atoms with E-state index in [1.165, 1.54) is 31.4 Å². The maximum atomic E-state index is 12.3. The third-order valence-corrected chi connectivity index (χ3v) is 6.17. The molecule has 1 aliphatic rings. The first-order chi connectivity index (χ1) is 17.1. The summed E-state index contributed by atoms with van der Waals surface area (Å²) in [6.45, 7) is 3.84. The number of hydrogen-bond acceptors (Lipinski definition) is 5. The van der Waals surface area contributed by atoms with Gasteiger partial charge in [-0.05, 0) is 79.4 Å². The minimum absolute atomic E-state index is 0.183. The van der Waals surface area contributed by atoms with Crippen LogP contribution >= 0.6 is 0 Å². The zero-order valence-corrected chi connectivity index (χ0v) is 20.2. The number of aromatic amines is 1. The number of allylic oxidation sites excluding steroid dienone is 2. The van der Waals surface area contributed by atoms with Crippen LogP contribution in [0.4, 0.5) is 0 Å². The molecule has 0 saturated carbocycles. The van der Waals surface area contributed by atoms with Crippen molar-refractivity contribution in [2.75, 3.05) is 33.4 Å². The Bertz CT molecular complexity index is 1220. The summed E-state index contributed by atoms with van der Waals surface area (Å²) < 4.78 is 11.4. The highest BCUT2D eigenvalue weighted by Gasteiger charge is 2.10. The lowest BCUT2D eigenvalue weighted by molar-refractivity contribution is -0.121. The number of likely N-dealkylation sites (tertiary alicyclic amines) is 1. The van der Waals surface area contributed by atoms with Gasteiger partial charge in [-0.25, -0.2) is 0 Å². The molecule has 0 bridgehead atoms. The molecule has 0 aliphatic carbocycles. The highest BCUT2D eigenvalue weighted by atomic mass is 16.5. The summed E-state index contributed by atoms with van der Waals surface area (Å²) in [6, 6.07) is 13.4. The molecule has 35 heavy (non-hydrogen) atoms. The summed E-state index contributed by atoms with van der Waals surface area (Å²) in [5.41, 5.74) is 2.66. The third kappa shape index (κ3) is 7.17. The smallest absolute Gasteiger partial charge is 0.163 e. The summed E-state index contributed by atoms with van der Waals surface area (Å²) in [7, 11) is 1.59. The van der Waals surface area contributed by atoms with Crippen LogP contribution in [0.25, 0.3) is 23.1 Å². The molecule has 1 N–H and O–H groups in total. The fourth-order valence-electron chi connectivity index (χ4n) is 4.23. The maximum absolute atomic E-state index is 12.3. The van der Waals surface area contributed by atoms with Crippen molar-refractivity contribution in [3.63, 3.8) is 0 Å². The average Bonchev–Trinajstić information content (AvgIpc) is 3.35. The van der Waals surface area contributed by atoms with Crippen molar-refractivity contribution in [1.82, 2.24) is 9.88 Å². The molecule has 2 heterocycles. The first-order valence-corrected chi connectivity index (χ1v) is 12.1. The van der Waals surface area contributed by atoms with Gasteiger partial charge in [0, 0.05) is 29.9 Å². The van der Waals surface area contributed by atoms with Crippen molar-refractivity contribution in [2.24, 2.45) is 0 Å². The molecule has 2 aromatic carbocycles. The fourth-order valence-corrected chi connectivity index (χ4v) is 4.23. The van der Waals surface area contributed by atoms with Gasteiger partial charge in [-0.15, -0.1) is 0 Å². The average molecular weight is 473 g/mol. The molecule has 1 saturated heterocycles. The lowest BCUT2D eigenvalue weighted by Crippen LogP contribution is -2.33. The van der Waals surface area contributed by atoms with Crippen molar-refractivity contribution in [3.05, 3.63) is 71.9 Å². The van der Waals surface area contributed by atoms with Gasteiger partial charge in [0.1, 0.15) is 18.1 Å². The Morgan fingerprint density at radius 1 is 0.971 bits per heavy atom. The number of benzene rings is 2. The normalized spacial score (nSPS) is 14.7. The van der Waals surface area contributed by atoms with Gasteiger partial charge < -0.3 is 14.5 Å². The van der Waals surface area contributed by atoms with Crippen molar-refractivity contribution < 1.29 is 19.1 Å². The van der Waals surface area contributed by atoms with Gasteiger partial charge in [0.05, 0.1) is 13.5 Å². The SMILES string of the molecule is COc1cc(OCCN2CCCCC2)ccc1C=CC(=O)CC(=O)C=Cc1ccc2cc[nH]c2c1. The first-order valence-electron chi connectivity index (χ1n) is 12.1. The van der Waals surface area contributed by atoms with E-state index in [9.17, 15) is 9.59 Å². The lowest BCUT2D eigenvalue weighted by Gasteiger charge is -2.26. The number of ketones is 2. The zero-order valence-electron chi connectivity index (χ0n) is 20.2. The Balaban J connectivity index is 1.27. The van der Waals surface area contributed by atoms with E-state index in [1.807, 2.05) is 48.7 Å². The van der Waals surface area contributed by atoms with Crippen LogP contribution in [0.3, 0.4) is 0 Å². The molecule has 0 radical (unpaired) electrons. The molecular weight excluding hydrogens is 440 g/mol. The van der Waals surface area contributed by atoms with Crippen molar-refractivity contribution >= 4 is 34.6 Å². The van der Waals surface area contributed by atoms with Crippen molar-refractivity contribution in [1.29, 1.82) is 0 Å². The summed E-state index contributed by atoms with van der Waals surface area (Å²) in [5.74, 6) is 0.856. The number of nitrogens with one attached hydrogen (secondary N) is 1. The number of ether oxygens (including phenoxy) is 2. The molecule has 0 spiro atoms. The minimum atomic E-state index is -0.261. The van der Waals surface area contributed by atoms with Crippen LogP contribution in [0.1, 0.15) is 36.8 Å².